The lowest BCUT2D eigenvalue weighted by Gasteiger charge is -2.15. The number of hydrogen-bond donors (Lipinski definition) is 1. The van der Waals surface area contributed by atoms with Crippen LogP contribution in [-0.2, 0) is 11.4 Å². The van der Waals surface area contributed by atoms with E-state index in [0.29, 0.717) is 20.7 Å². The molecule has 3 aromatic rings. The average Bonchev–Trinajstić information content (AvgIpc) is 3.07. The molecule has 33 heavy (non-hydrogen) atoms. The van der Waals surface area contributed by atoms with Crippen molar-refractivity contribution in [2.24, 2.45) is 0 Å². The van der Waals surface area contributed by atoms with E-state index in [2.05, 4.69) is 21.4 Å². The molecule has 0 aliphatic carbocycles. The summed E-state index contributed by atoms with van der Waals surface area (Å²) in [6.45, 7) is 0.290. The summed E-state index contributed by atoms with van der Waals surface area (Å²) in [4.78, 5) is 25.6. The van der Waals surface area contributed by atoms with Gasteiger partial charge in [-0.2, -0.15) is 5.01 Å². The van der Waals surface area contributed by atoms with Crippen molar-refractivity contribution in [1.29, 1.82) is 0 Å². The van der Waals surface area contributed by atoms with Crippen LogP contribution < -0.4 is 10.2 Å². The molecule has 0 saturated carbocycles. The summed E-state index contributed by atoms with van der Waals surface area (Å²) < 4.78 is 19.8. The summed E-state index contributed by atoms with van der Waals surface area (Å²) in [6.07, 6.45) is 1.70. The first kappa shape index (κ1) is 23.2. The average molecular weight is 543 g/mol. The van der Waals surface area contributed by atoms with Crippen molar-refractivity contribution in [1.82, 2.24) is 10.4 Å². The van der Waals surface area contributed by atoms with E-state index in [0.717, 1.165) is 27.9 Å². The van der Waals surface area contributed by atoms with E-state index in [1.807, 2.05) is 6.07 Å². The van der Waals surface area contributed by atoms with Crippen molar-refractivity contribution < 1.29 is 18.7 Å². The Labute approximate surface area is 207 Å². The number of ether oxygens (including phenoxy) is 1. The third-order valence-electron chi connectivity index (χ3n) is 4.60. The molecule has 1 N–H and O–H groups in total. The lowest BCUT2D eigenvalue weighted by molar-refractivity contribution is -0.123. The molecule has 1 aliphatic heterocycles. The van der Waals surface area contributed by atoms with Gasteiger partial charge in [-0.25, -0.2) is 4.39 Å². The normalized spacial score (nSPS) is 14.6. The Kier molecular flexibility index (Phi) is 7.22. The van der Waals surface area contributed by atoms with Gasteiger partial charge in [0, 0.05) is 5.56 Å². The summed E-state index contributed by atoms with van der Waals surface area (Å²) >= 11 is 9.86. The van der Waals surface area contributed by atoms with E-state index in [4.69, 9.17) is 17.0 Å². The van der Waals surface area contributed by atoms with Gasteiger partial charge in [-0.1, -0.05) is 48.2 Å². The van der Waals surface area contributed by atoms with Gasteiger partial charge < -0.3 is 4.74 Å². The topological polar surface area (TPSA) is 58.6 Å². The maximum atomic E-state index is 13.0. The summed E-state index contributed by atoms with van der Waals surface area (Å²) in [5.41, 5.74) is 4.58. The van der Waals surface area contributed by atoms with Crippen LogP contribution in [0.3, 0.4) is 0 Å². The van der Waals surface area contributed by atoms with Crippen molar-refractivity contribution in [3.63, 3.8) is 0 Å². The van der Waals surface area contributed by atoms with E-state index < -0.39 is 11.8 Å². The Morgan fingerprint density at radius 3 is 2.55 bits per heavy atom. The number of carbonyl (C=O) groups excluding carboxylic acids is 2. The zero-order valence-corrected chi connectivity index (χ0v) is 20.2. The largest absolute Gasteiger partial charge is 0.488 e. The summed E-state index contributed by atoms with van der Waals surface area (Å²) in [5.74, 6) is -0.505. The highest BCUT2D eigenvalue weighted by molar-refractivity contribution is 9.10. The van der Waals surface area contributed by atoms with Gasteiger partial charge in [-0.3, -0.25) is 15.0 Å². The molecule has 0 radical (unpaired) electrons. The first-order valence-electron chi connectivity index (χ1n) is 9.71. The van der Waals surface area contributed by atoms with Gasteiger partial charge in [-0.15, -0.1) is 0 Å². The van der Waals surface area contributed by atoms with E-state index in [-0.39, 0.29) is 16.7 Å². The van der Waals surface area contributed by atoms with Gasteiger partial charge in [0.2, 0.25) is 0 Å². The third-order valence-corrected chi connectivity index (χ3v) is 6.53. The molecule has 4 rings (SSSR count). The second-order valence-electron chi connectivity index (χ2n) is 6.93. The van der Waals surface area contributed by atoms with E-state index >= 15 is 0 Å². The molecule has 9 heteroatoms. The molecule has 1 fully saturated rings. The Bertz CT molecular complexity index is 1250. The molecule has 5 nitrogen and oxygen atoms in total. The number of amides is 2. The number of benzene rings is 3. The minimum absolute atomic E-state index is 0.244. The van der Waals surface area contributed by atoms with Crippen molar-refractivity contribution in [3.8, 4) is 5.75 Å². The Hall–Kier alpha value is -3.01. The van der Waals surface area contributed by atoms with Gasteiger partial charge in [0.25, 0.3) is 11.8 Å². The van der Waals surface area contributed by atoms with Gasteiger partial charge in [0.05, 0.1) is 9.38 Å². The number of rotatable bonds is 6. The molecule has 0 atom stereocenters. The summed E-state index contributed by atoms with van der Waals surface area (Å²) in [7, 11) is 0. The number of nitrogens with one attached hydrogen (secondary N) is 1. The Morgan fingerprint density at radius 2 is 1.85 bits per heavy atom. The second-order valence-corrected chi connectivity index (χ2v) is 9.46. The van der Waals surface area contributed by atoms with Crippen LogP contribution in [0.25, 0.3) is 6.08 Å². The van der Waals surface area contributed by atoms with E-state index in [9.17, 15) is 14.0 Å². The van der Waals surface area contributed by atoms with Crippen molar-refractivity contribution in [2.75, 3.05) is 0 Å². The molecule has 0 aromatic heterocycles. The highest BCUT2D eigenvalue weighted by Crippen LogP contribution is 2.33. The highest BCUT2D eigenvalue weighted by atomic mass is 79.9. The maximum absolute atomic E-state index is 13.0. The second kappa shape index (κ2) is 10.3. The van der Waals surface area contributed by atoms with Crippen LogP contribution in [0, 0.1) is 5.82 Å². The van der Waals surface area contributed by atoms with Crippen molar-refractivity contribution >= 4 is 62.1 Å². The van der Waals surface area contributed by atoms with Crippen LogP contribution in [-0.4, -0.2) is 21.1 Å². The maximum Gasteiger partial charge on any atom is 0.285 e. The van der Waals surface area contributed by atoms with Gasteiger partial charge >= 0.3 is 0 Å². The van der Waals surface area contributed by atoms with Crippen LogP contribution in [0.4, 0.5) is 4.39 Å². The molecule has 0 unspecified atom stereocenters. The minimum atomic E-state index is -0.418. The SMILES string of the molecule is O=C(NN1C(=O)C(=Cc2ccc(OCc3ccc(F)cc3)c(Br)c2)SC1=S)c1ccccc1. The first-order valence-corrected chi connectivity index (χ1v) is 11.7. The van der Waals surface area contributed by atoms with Gasteiger partial charge in [0.1, 0.15) is 18.2 Å². The fourth-order valence-electron chi connectivity index (χ4n) is 2.94. The number of hydrogen-bond acceptors (Lipinski definition) is 5. The molecular formula is C24H16BrFN2O3S2. The predicted octanol–water partition coefficient (Wildman–Crippen LogP) is 5.71. The number of hydrazine groups is 1. The molecule has 3 aromatic carbocycles. The molecule has 1 aliphatic rings. The van der Waals surface area contributed by atoms with E-state index in [1.54, 1.807) is 60.7 Å². The molecule has 1 saturated heterocycles. The van der Waals surface area contributed by atoms with Crippen molar-refractivity contribution in [3.05, 3.63) is 105 Å². The molecule has 1 heterocycles. The Balaban J connectivity index is 1.43. The fourth-order valence-corrected chi connectivity index (χ4v) is 4.63. The number of thioether (sulfide) groups is 1. The first-order chi connectivity index (χ1) is 15.9. The molecule has 166 valence electrons. The number of nitrogens with zero attached hydrogens (tertiary/aromatic N) is 1. The van der Waals surface area contributed by atoms with Gasteiger partial charge in [0.15, 0.2) is 4.32 Å². The smallest absolute Gasteiger partial charge is 0.285 e. The lowest BCUT2D eigenvalue weighted by atomic mass is 10.2. The monoisotopic (exact) mass is 542 g/mol. The molecular weight excluding hydrogens is 527 g/mol. The zero-order valence-electron chi connectivity index (χ0n) is 17.0. The summed E-state index contributed by atoms with van der Waals surface area (Å²) in [6, 6.07) is 20.1. The quantitative estimate of drug-likeness (QED) is 0.319. The fraction of sp³-hybridized carbons (Fsp3) is 0.0417. The van der Waals surface area contributed by atoms with Gasteiger partial charge in [-0.05, 0) is 81.7 Å². The summed E-state index contributed by atoms with van der Waals surface area (Å²) in [5, 5.41) is 1.08. The van der Waals surface area contributed by atoms with Crippen molar-refractivity contribution in [2.45, 2.75) is 6.61 Å². The molecule has 0 spiro atoms. The van der Waals surface area contributed by atoms with Crippen LogP contribution in [0.1, 0.15) is 21.5 Å². The van der Waals surface area contributed by atoms with Crippen LogP contribution in [0.2, 0.25) is 0 Å². The van der Waals surface area contributed by atoms with Crippen LogP contribution in [0.15, 0.2) is 82.2 Å². The number of halogens is 2. The zero-order chi connectivity index (χ0) is 23.4. The minimum Gasteiger partial charge on any atom is -0.488 e. The lowest BCUT2D eigenvalue weighted by Crippen LogP contribution is -2.44. The molecule has 0 bridgehead atoms. The molecule has 2 amide bonds. The Morgan fingerprint density at radius 1 is 1.12 bits per heavy atom. The number of carbonyl (C=O) groups is 2. The number of thiocarbonyl (C=S) groups is 1. The van der Waals surface area contributed by atoms with Crippen LogP contribution in [0.5, 0.6) is 5.75 Å². The van der Waals surface area contributed by atoms with E-state index in [1.165, 1.54) is 12.1 Å². The standard InChI is InChI=1S/C24H16BrFN2O3S2/c25-19-12-16(8-11-20(19)31-14-15-6-9-18(26)10-7-15)13-21-23(30)28(24(32)33-21)27-22(29)17-4-2-1-3-5-17/h1-13H,14H2,(H,27,29). The predicted molar refractivity (Wildman–Crippen MR) is 134 cm³/mol. The van der Waals surface area contributed by atoms with Crippen LogP contribution >= 0.6 is 39.9 Å². The third kappa shape index (κ3) is 5.68. The highest BCUT2D eigenvalue weighted by Gasteiger charge is 2.33.